The van der Waals surface area contributed by atoms with E-state index in [1.54, 1.807) is 0 Å². The van der Waals surface area contributed by atoms with E-state index in [2.05, 4.69) is 16.8 Å². The summed E-state index contributed by atoms with van der Waals surface area (Å²) in [5, 5.41) is 10.3. The number of fused-ring (bicyclic) bond motifs is 1. The van der Waals surface area contributed by atoms with Crippen molar-refractivity contribution in [1.82, 2.24) is 4.98 Å². The number of anilines is 1. The number of hydrogen-bond donors (Lipinski definition) is 1. The lowest BCUT2D eigenvalue weighted by molar-refractivity contribution is 0.0700. The van der Waals surface area contributed by atoms with E-state index in [0.717, 1.165) is 48.6 Å². The highest BCUT2D eigenvalue weighted by Crippen LogP contribution is 2.38. The van der Waals surface area contributed by atoms with Crippen molar-refractivity contribution >= 4 is 22.4 Å². The smallest absolute Gasteiger partial charge is 0.347 e. The van der Waals surface area contributed by atoms with Crippen molar-refractivity contribution in [1.29, 1.82) is 0 Å². The molecule has 1 aliphatic carbocycles. The van der Waals surface area contributed by atoms with Gasteiger partial charge in [0.1, 0.15) is 4.88 Å². The Labute approximate surface area is 130 Å². The van der Waals surface area contributed by atoms with E-state index in [4.69, 9.17) is 0 Å². The quantitative estimate of drug-likeness (QED) is 0.919. The number of aromatic nitrogens is 1. The Morgan fingerprint density at radius 1 is 1.33 bits per heavy atom. The highest BCUT2D eigenvalue weighted by molar-refractivity contribution is 7.17. The molecule has 21 heavy (non-hydrogen) atoms. The molecule has 2 atom stereocenters. The lowest BCUT2D eigenvalue weighted by Crippen LogP contribution is -2.41. The number of rotatable bonds is 4. The fourth-order valence-corrected chi connectivity index (χ4v) is 4.81. The fraction of sp³-hybridized carbons (Fsp3) is 0.750. The second-order valence-electron chi connectivity index (χ2n) is 6.37. The Balaban J connectivity index is 1.77. The monoisotopic (exact) mass is 308 g/mol. The molecule has 5 heteroatoms. The van der Waals surface area contributed by atoms with Crippen LogP contribution in [0.3, 0.4) is 0 Å². The molecule has 2 fully saturated rings. The maximum absolute atomic E-state index is 11.4. The molecule has 1 saturated heterocycles. The maximum atomic E-state index is 11.4. The van der Waals surface area contributed by atoms with Gasteiger partial charge in [0, 0.05) is 13.1 Å². The first-order chi connectivity index (χ1) is 10.2. The molecule has 2 aliphatic rings. The van der Waals surface area contributed by atoms with Gasteiger partial charge in [0.15, 0.2) is 5.13 Å². The van der Waals surface area contributed by atoms with Gasteiger partial charge in [-0.3, -0.25) is 0 Å². The van der Waals surface area contributed by atoms with Gasteiger partial charge < -0.3 is 10.0 Å². The molecule has 2 heterocycles. The van der Waals surface area contributed by atoms with Crippen LogP contribution >= 0.6 is 11.3 Å². The molecule has 1 aliphatic heterocycles. The Morgan fingerprint density at radius 2 is 2.10 bits per heavy atom. The van der Waals surface area contributed by atoms with Gasteiger partial charge in [-0.05, 0) is 31.1 Å². The number of carbonyl (C=O) groups is 1. The highest BCUT2D eigenvalue weighted by Gasteiger charge is 2.32. The largest absolute Gasteiger partial charge is 0.477 e. The van der Waals surface area contributed by atoms with Crippen LogP contribution in [0, 0.1) is 11.8 Å². The Hall–Kier alpha value is -1.10. The molecule has 4 nitrogen and oxygen atoms in total. The van der Waals surface area contributed by atoms with Crippen molar-refractivity contribution in [3.05, 3.63) is 10.6 Å². The second kappa shape index (κ2) is 6.34. The average Bonchev–Trinajstić information content (AvgIpc) is 2.91. The molecule has 1 aromatic rings. The fourth-order valence-electron chi connectivity index (χ4n) is 3.82. The lowest BCUT2D eigenvalue weighted by atomic mass is 9.75. The van der Waals surface area contributed by atoms with Crippen molar-refractivity contribution in [2.24, 2.45) is 11.8 Å². The molecule has 3 rings (SSSR count). The number of nitrogens with zero attached hydrogens (tertiary/aromatic N) is 2. The molecule has 0 bridgehead atoms. The SMILES string of the molecule is CCCc1nc(N2CCC3CCCCC3C2)sc1C(=O)O. The van der Waals surface area contributed by atoms with E-state index in [1.807, 2.05) is 0 Å². The molecule has 0 aromatic carbocycles. The van der Waals surface area contributed by atoms with Crippen molar-refractivity contribution < 1.29 is 9.90 Å². The summed E-state index contributed by atoms with van der Waals surface area (Å²) in [7, 11) is 0. The van der Waals surface area contributed by atoms with Crippen molar-refractivity contribution in [3.63, 3.8) is 0 Å². The number of carboxylic acids is 1. The number of aryl methyl sites for hydroxylation is 1. The zero-order valence-electron chi connectivity index (χ0n) is 12.7. The summed E-state index contributed by atoms with van der Waals surface area (Å²) >= 11 is 1.37. The van der Waals surface area contributed by atoms with Crippen LogP contribution in [0.2, 0.25) is 0 Å². The molecule has 0 radical (unpaired) electrons. The molecule has 1 aromatic heterocycles. The summed E-state index contributed by atoms with van der Waals surface area (Å²) in [5.74, 6) is 0.859. The van der Waals surface area contributed by atoms with Crippen molar-refractivity contribution in [2.45, 2.75) is 51.9 Å². The van der Waals surface area contributed by atoms with Crippen LogP contribution in [-0.2, 0) is 6.42 Å². The molecule has 0 amide bonds. The molecule has 1 N–H and O–H groups in total. The van der Waals surface area contributed by atoms with E-state index >= 15 is 0 Å². The summed E-state index contributed by atoms with van der Waals surface area (Å²) in [4.78, 5) is 18.8. The second-order valence-corrected chi connectivity index (χ2v) is 7.34. The number of carboxylic acid groups (broad SMARTS) is 1. The zero-order chi connectivity index (χ0) is 14.8. The van der Waals surface area contributed by atoms with E-state index in [9.17, 15) is 9.90 Å². The van der Waals surface area contributed by atoms with Gasteiger partial charge in [0.25, 0.3) is 0 Å². The van der Waals surface area contributed by atoms with Crippen LogP contribution in [0.25, 0.3) is 0 Å². The molecule has 116 valence electrons. The van der Waals surface area contributed by atoms with Crippen molar-refractivity contribution in [3.8, 4) is 0 Å². The Bertz CT molecular complexity index is 514. The summed E-state index contributed by atoms with van der Waals surface area (Å²) in [6.07, 6.45) is 8.41. The van der Waals surface area contributed by atoms with E-state index in [0.29, 0.717) is 4.88 Å². The predicted molar refractivity (Wildman–Crippen MR) is 85.3 cm³/mol. The van der Waals surface area contributed by atoms with Crippen LogP contribution in [0.15, 0.2) is 0 Å². The third-order valence-electron chi connectivity index (χ3n) is 4.93. The molecule has 1 saturated carbocycles. The highest BCUT2D eigenvalue weighted by atomic mass is 32.1. The minimum absolute atomic E-state index is 0.442. The first kappa shape index (κ1) is 14.8. The van der Waals surface area contributed by atoms with Gasteiger partial charge in [0.2, 0.25) is 0 Å². The Kier molecular flexibility index (Phi) is 4.48. The van der Waals surface area contributed by atoms with E-state index < -0.39 is 5.97 Å². The zero-order valence-corrected chi connectivity index (χ0v) is 13.5. The normalized spacial score (nSPS) is 25.7. The summed E-state index contributed by atoms with van der Waals surface area (Å²) < 4.78 is 0. The van der Waals surface area contributed by atoms with E-state index in [1.165, 1.54) is 43.4 Å². The van der Waals surface area contributed by atoms with Crippen LogP contribution in [0.1, 0.15) is 60.8 Å². The molecule has 0 spiro atoms. The number of piperidine rings is 1. The summed E-state index contributed by atoms with van der Waals surface area (Å²) in [6.45, 7) is 4.18. The summed E-state index contributed by atoms with van der Waals surface area (Å²) in [6, 6.07) is 0. The maximum Gasteiger partial charge on any atom is 0.347 e. The number of aromatic carboxylic acids is 1. The molecular formula is C16H24N2O2S. The van der Waals surface area contributed by atoms with Crippen LogP contribution in [0.4, 0.5) is 5.13 Å². The third-order valence-corrected chi connectivity index (χ3v) is 6.08. The average molecular weight is 308 g/mol. The minimum atomic E-state index is -0.824. The van der Waals surface area contributed by atoms with Gasteiger partial charge in [-0.2, -0.15) is 0 Å². The van der Waals surface area contributed by atoms with E-state index in [-0.39, 0.29) is 0 Å². The van der Waals surface area contributed by atoms with Crippen molar-refractivity contribution in [2.75, 3.05) is 18.0 Å². The van der Waals surface area contributed by atoms with Gasteiger partial charge in [-0.25, -0.2) is 9.78 Å². The number of hydrogen-bond acceptors (Lipinski definition) is 4. The van der Waals surface area contributed by atoms with Gasteiger partial charge >= 0.3 is 5.97 Å². The Morgan fingerprint density at radius 3 is 2.81 bits per heavy atom. The lowest BCUT2D eigenvalue weighted by Gasteiger charge is -2.41. The predicted octanol–water partition coefficient (Wildman–Crippen LogP) is 3.81. The minimum Gasteiger partial charge on any atom is -0.477 e. The van der Waals surface area contributed by atoms with Crippen LogP contribution in [-0.4, -0.2) is 29.1 Å². The first-order valence-corrected chi connectivity index (χ1v) is 8.98. The van der Waals surface area contributed by atoms with Gasteiger partial charge in [-0.1, -0.05) is 43.9 Å². The number of thiazole rings is 1. The van der Waals surface area contributed by atoms with Crippen LogP contribution in [0.5, 0.6) is 0 Å². The van der Waals surface area contributed by atoms with Gasteiger partial charge in [-0.15, -0.1) is 0 Å². The van der Waals surface area contributed by atoms with Crippen LogP contribution < -0.4 is 4.90 Å². The standard InChI is InChI=1S/C16H24N2O2S/c1-2-5-13-14(15(19)20)21-16(17-13)18-9-8-11-6-3-4-7-12(11)10-18/h11-12H,2-10H2,1H3,(H,19,20). The summed E-state index contributed by atoms with van der Waals surface area (Å²) in [5.41, 5.74) is 0.774. The first-order valence-electron chi connectivity index (χ1n) is 8.17. The third kappa shape index (κ3) is 3.07. The topological polar surface area (TPSA) is 53.4 Å². The molecule has 2 unspecified atom stereocenters. The van der Waals surface area contributed by atoms with Gasteiger partial charge in [0.05, 0.1) is 5.69 Å². The molecular weight excluding hydrogens is 284 g/mol.